The van der Waals surface area contributed by atoms with Crippen molar-refractivity contribution in [2.75, 3.05) is 0 Å². The minimum absolute atomic E-state index is 0.432. The van der Waals surface area contributed by atoms with Crippen molar-refractivity contribution in [2.45, 2.75) is 26.4 Å². The predicted octanol–water partition coefficient (Wildman–Crippen LogP) is 8.65. The molecule has 4 heterocycles. The normalized spacial score (nSPS) is 11.9. The molecule has 7 aromatic rings. The number of aromatic nitrogens is 4. The highest BCUT2D eigenvalue weighted by Gasteiger charge is 2.25. The van der Waals surface area contributed by atoms with E-state index in [9.17, 15) is 4.79 Å². The van der Waals surface area contributed by atoms with E-state index in [1.807, 2.05) is 87.5 Å². The van der Waals surface area contributed by atoms with Crippen molar-refractivity contribution in [1.29, 1.82) is 0 Å². The Kier molecular flexibility index (Phi) is 5.71. The number of carbonyl (C=O) groups is 1. The van der Waals surface area contributed by atoms with Crippen LogP contribution in [0.25, 0.3) is 61.2 Å². The first-order chi connectivity index (χ1) is 19.9. The van der Waals surface area contributed by atoms with Gasteiger partial charge in [-0.25, -0.2) is 14.3 Å². The zero-order valence-corrected chi connectivity index (χ0v) is 23.1. The Bertz CT molecular complexity index is 2080. The van der Waals surface area contributed by atoms with Crippen LogP contribution >= 0.6 is 0 Å². The lowest BCUT2D eigenvalue weighted by molar-refractivity contribution is 0.0545. The maximum absolute atomic E-state index is 13.7. The Balaban J connectivity index is 1.49. The molecule has 0 saturated heterocycles. The van der Waals surface area contributed by atoms with Gasteiger partial charge in [-0.15, -0.1) is 0 Å². The first-order valence-electron chi connectivity index (χ1n) is 13.6. The number of ether oxygens (including phenoxy) is 1. The molecular weight excluding hydrogens is 508 g/mol. The van der Waals surface area contributed by atoms with Crippen LogP contribution in [0.1, 0.15) is 20.8 Å². The summed E-state index contributed by atoms with van der Waals surface area (Å²) in [6.07, 6.45) is 1.37. The molecule has 0 amide bonds. The summed E-state index contributed by atoms with van der Waals surface area (Å²) in [7, 11) is 0. The zero-order valence-electron chi connectivity index (χ0n) is 23.1. The van der Waals surface area contributed by atoms with E-state index in [1.165, 1.54) is 0 Å². The van der Waals surface area contributed by atoms with Crippen LogP contribution in [0.3, 0.4) is 0 Å². The molecule has 0 aliphatic heterocycles. The molecule has 41 heavy (non-hydrogen) atoms. The van der Waals surface area contributed by atoms with Gasteiger partial charge >= 0.3 is 6.09 Å². The average Bonchev–Trinajstić information content (AvgIpc) is 3.52. The van der Waals surface area contributed by atoms with Gasteiger partial charge in [0.15, 0.2) is 0 Å². The van der Waals surface area contributed by atoms with E-state index in [0.717, 1.165) is 55.4 Å². The van der Waals surface area contributed by atoms with Crippen molar-refractivity contribution in [3.63, 3.8) is 0 Å². The molecule has 0 unspecified atom stereocenters. The van der Waals surface area contributed by atoms with Gasteiger partial charge in [0.05, 0.1) is 22.4 Å². The third kappa shape index (κ3) is 4.34. The predicted molar refractivity (Wildman–Crippen MR) is 164 cm³/mol. The van der Waals surface area contributed by atoms with Crippen molar-refractivity contribution < 1.29 is 9.53 Å². The summed E-state index contributed by atoms with van der Waals surface area (Å²) < 4.78 is 9.61. The summed E-state index contributed by atoms with van der Waals surface area (Å²) in [6, 6.07) is 36.4. The van der Waals surface area contributed by atoms with Gasteiger partial charge in [0.2, 0.25) is 0 Å². The van der Waals surface area contributed by atoms with Gasteiger partial charge < -0.3 is 4.74 Å². The van der Waals surface area contributed by atoms with E-state index in [1.54, 1.807) is 10.8 Å². The monoisotopic (exact) mass is 536 g/mol. The van der Waals surface area contributed by atoms with Crippen molar-refractivity contribution in [3.8, 4) is 28.3 Å². The second-order valence-corrected chi connectivity index (χ2v) is 11.1. The highest BCUT2D eigenvalue weighted by atomic mass is 16.6. The van der Waals surface area contributed by atoms with Crippen LogP contribution in [0.4, 0.5) is 4.79 Å². The van der Waals surface area contributed by atoms with Crippen LogP contribution in [0.2, 0.25) is 0 Å². The second-order valence-electron chi connectivity index (χ2n) is 11.1. The largest absolute Gasteiger partial charge is 0.443 e. The number of pyridine rings is 2. The summed E-state index contributed by atoms with van der Waals surface area (Å²) >= 11 is 0. The molecule has 0 fully saturated rings. The van der Waals surface area contributed by atoms with Crippen LogP contribution in [-0.4, -0.2) is 30.8 Å². The number of benzene rings is 3. The van der Waals surface area contributed by atoms with Crippen molar-refractivity contribution in [1.82, 2.24) is 19.1 Å². The molecule has 6 heteroatoms. The second kappa shape index (κ2) is 9.45. The summed E-state index contributed by atoms with van der Waals surface area (Å²) in [5.74, 6) is 0.679. The molecule has 0 saturated carbocycles. The topological polar surface area (TPSA) is 61.9 Å². The maximum atomic E-state index is 13.7. The Hall–Kier alpha value is -5.23. The van der Waals surface area contributed by atoms with Gasteiger partial charge in [0, 0.05) is 33.5 Å². The molecule has 6 nitrogen and oxygen atoms in total. The number of hydrogen-bond acceptors (Lipinski definition) is 4. The molecule has 0 aliphatic rings. The smallest absolute Gasteiger partial charge is 0.420 e. The Morgan fingerprint density at radius 2 is 1.44 bits per heavy atom. The fourth-order valence-electron chi connectivity index (χ4n) is 5.41. The molecule has 0 N–H and O–H groups in total. The van der Waals surface area contributed by atoms with Crippen LogP contribution in [0.5, 0.6) is 0 Å². The lowest BCUT2D eigenvalue weighted by atomic mass is 10.0. The van der Waals surface area contributed by atoms with Gasteiger partial charge in [0.1, 0.15) is 17.1 Å². The summed E-state index contributed by atoms with van der Waals surface area (Å²) in [5, 5.41) is 3.01. The van der Waals surface area contributed by atoms with E-state index in [-0.39, 0.29) is 0 Å². The number of rotatable bonds is 3. The fourth-order valence-corrected chi connectivity index (χ4v) is 5.41. The third-order valence-electron chi connectivity index (χ3n) is 7.14. The maximum Gasteiger partial charge on any atom is 0.420 e. The summed E-state index contributed by atoms with van der Waals surface area (Å²) in [5.41, 5.74) is 5.61. The first-order valence-corrected chi connectivity index (χ1v) is 13.6. The standard InChI is InChI=1S/C35H28N4O2/c1-35(2,3)41-34(40)39-30-16-6-4-11-25(30)22-32(39)38-31-17-7-5-14-26(31)27-18-19-29(37-33(27)38)24-13-10-12-23(21-24)28-15-8-9-20-36-28/h4-22H,1-3H3. The first kappa shape index (κ1) is 24.8. The van der Waals surface area contributed by atoms with Crippen LogP contribution in [-0.2, 0) is 4.74 Å². The van der Waals surface area contributed by atoms with E-state index in [0.29, 0.717) is 5.82 Å². The lowest BCUT2D eigenvalue weighted by Gasteiger charge is -2.21. The number of fused-ring (bicyclic) bond motifs is 4. The minimum atomic E-state index is -0.648. The molecular formula is C35H28N4O2. The quantitative estimate of drug-likeness (QED) is 0.227. The molecule has 0 radical (unpaired) electrons. The van der Waals surface area contributed by atoms with Crippen molar-refractivity contribution in [3.05, 3.63) is 115 Å². The number of carbonyl (C=O) groups excluding carboxylic acids is 1. The van der Waals surface area contributed by atoms with Crippen LogP contribution < -0.4 is 0 Å². The van der Waals surface area contributed by atoms with E-state index in [2.05, 4.69) is 52.0 Å². The number of hydrogen-bond donors (Lipinski definition) is 0. The molecule has 7 rings (SSSR count). The molecule has 3 aromatic carbocycles. The third-order valence-corrected chi connectivity index (χ3v) is 7.14. The van der Waals surface area contributed by atoms with Crippen molar-refractivity contribution >= 4 is 38.9 Å². The van der Waals surface area contributed by atoms with E-state index < -0.39 is 11.7 Å². The van der Waals surface area contributed by atoms with Gasteiger partial charge in [-0.3, -0.25) is 9.55 Å². The molecule has 0 aliphatic carbocycles. The number of para-hydroxylation sites is 2. The zero-order chi connectivity index (χ0) is 28.1. The van der Waals surface area contributed by atoms with Crippen LogP contribution in [0.15, 0.2) is 115 Å². The molecule has 200 valence electrons. The minimum Gasteiger partial charge on any atom is -0.443 e. The van der Waals surface area contributed by atoms with Crippen molar-refractivity contribution in [2.24, 2.45) is 0 Å². The Morgan fingerprint density at radius 1 is 0.707 bits per heavy atom. The molecule has 0 spiro atoms. The SMILES string of the molecule is CC(C)(C)OC(=O)n1c(-n2c3ccccc3c3ccc(-c4cccc(-c5ccccn5)c4)nc32)cc2ccccc21. The molecule has 0 bridgehead atoms. The highest BCUT2D eigenvalue weighted by Crippen LogP contribution is 2.35. The van der Waals surface area contributed by atoms with Gasteiger partial charge in [0.25, 0.3) is 0 Å². The lowest BCUT2D eigenvalue weighted by Crippen LogP contribution is -2.28. The summed E-state index contributed by atoms with van der Waals surface area (Å²) in [6.45, 7) is 5.64. The highest BCUT2D eigenvalue weighted by molar-refractivity contribution is 6.09. The van der Waals surface area contributed by atoms with E-state index >= 15 is 0 Å². The molecule has 4 aromatic heterocycles. The number of nitrogens with zero attached hydrogens (tertiary/aromatic N) is 4. The molecule has 0 atom stereocenters. The fraction of sp³-hybridized carbons (Fsp3) is 0.114. The Morgan fingerprint density at radius 3 is 2.22 bits per heavy atom. The van der Waals surface area contributed by atoms with Gasteiger partial charge in [-0.05, 0) is 69.3 Å². The average molecular weight is 537 g/mol. The van der Waals surface area contributed by atoms with Gasteiger partial charge in [-0.2, -0.15) is 0 Å². The van der Waals surface area contributed by atoms with Crippen LogP contribution in [0, 0.1) is 0 Å². The van der Waals surface area contributed by atoms with Gasteiger partial charge in [-0.1, -0.05) is 60.7 Å². The Labute approximate surface area is 237 Å². The summed E-state index contributed by atoms with van der Waals surface area (Å²) in [4.78, 5) is 23.4. The van der Waals surface area contributed by atoms with E-state index in [4.69, 9.17) is 9.72 Å².